The van der Waals surface area contributed by atoms with Gasteiger partial charge in [-0.15, -0.1) is 0 Å². The number of para-hydroxylation sites is 1. The van der Waals surface area contributed by atoms with Gasteiger partial charge in [0.25, 0.3) is 5.56 Å². The predicted octanol–water partition coefficient (Wildman–Crippen LogP) is 4.74. The molecule has 0 bridgehead atoms. The van der Waals surface area contributed by atoms with E-state index in [9.17, 15) is 9.59 Å². The van der Waals surface area contributed by atoms with E-state index in [4.69, 9.17) is 4.74 Å². The number of fused-ring (bicyclic) bond motifs is 1. The van der Waals surface area contributed by atoms with Crippen LogP contribution in [0.2, 0.25) is 0 Å². The van der Waals surface area contributed by atoms with Gasteiger partial charge in [0.05, 0.1) is 23.3 Å². The maximum absolute atomic E-state index is 13.0. The molecule has 0 aliphatic rings. The van der Waals surface area contributed by atoms with Gasteiger partial charge in [0, 0.05) is 11.6 Å². The molecule has 0 aliphatic heterocycles. The van der Waals surface area contributed by atoms with E-state index in [1.54, 1.807) is 34.9 Å². The molecule has 3 aromatic rings. The lowest BCUT2D eigenvalue weighted by atomic mass is 10.1. The summed E-state index contributed by atoms with van der Waals surface area (Å²) >= 11 is 1.31. The van der Waals surface area contributed by atoms with E-state index in [0.717, 1.165) is 12.2 Å². The SMILES string of the molecule is CCOc1ccc(C(=O)CSc2nc3ccccc3c(=O)n2[C@H](C)CC)cc1. The molecular formula is C22H24N2O3S. The van der Waals surface area contributed by atoms with Crippen LogP contribution in [0, 0.1) is 0 Å². The molecule has 3 rings (SSSR count). The summed E-state index contributed by atoms with van der Waals surface area (Å²) in [5, 5.41) is 1.18. The van der Waals surface area contributed by atoms with E-state index in [-0.39, 0.29) is 23.1 Å². The van der Waals surface area contributed by atoms with Crippen molar-refractivity contribution in [2.45, 2.75) is 38.4 Å². The van der Waals surface area contributed by atoms with Crippen molar-refractivity contribution in [3.8, 4) is 5.75 Å². The van der Waals surface area contributed by atoms with Gasteiger partial charge < -0.3 is 4.74 Å². The molecule has 0 radical (unpaired) electrons. The van der Waals surface area contributed by atoms with E-state index in [2.05, 4.69) is 4.98 Å². The molecule has 2 aromatic carbocycles. The second-order valence-corrected chi connectivity index (χ2v) is 7.46. The van der Waals surface area contributed by atoms with Crippen molar-refractivity contribution in [1.82, 2.24) is 9.55 Å². The van der Waals surface area contributed by atoms with Gasteiger partial charge in [0.2, 0.25) is 0 Å². The molecular weight excluding hydrogens is 372 g/mol. The molecule has 0 aliphatic carbocycles. The van der Waals surface area contributed by atoms with Crippen LogP contribution in [0.5, 0.6) is 5.75 Å². The first kappa shape index (κ1) is 20.1. The maximum Gasteiger partial charge on any atom is 0.262 e. The maximum atomic E-state index is 13.0. The average Bonchev–Trinajstić information content (AvgIpc) is 2.72. The number of rotatable bonds is 8. The zero-order valence-electron chi connectivity index (χ0n) is 16.3. The van der Waals surface area contributed by atoms with Gasteiger partial charge in [-0.2, -0.15) is 0 Å². The summed E-state index contributed by atoms with van der Waals surface area (Å²) in [6.45, 7) is 6.54. The fourth-order valence-corrected chi connectivity index (χ4v) is 3.91. The third kappa shape index (κ3) is 4.28. The number of carbonyl (C=O) groups excluding carboxylic acids is 1. The molecule has 28 heavy (non-hydrogen) atoms. The fraction of sp³-hybridized carbons (Fsp3) is 0.318. The molecule has 1 atom stereocenters. The second kappa shape index (κ2) is 9.06. The minimum absolute atomic E-state index is 0.00712. The van der Waals surface area contributed by atoms with Gasteiger partial charge in [-0.25, -0.2) is 4.98 Å². The lowest BCUT2D eigenvalue weighted by molar-refractivity contribution is 0.102. The second-order valence-electron chi connectivity index (χ2n) is 6.51. The van der Waals surface area contributed by atoms with Gasteiger partial charge >= 0.3 is 0 Å². The van der Waals surface area contributed by atoms with Crippen LogP contribution in [-0.2, 0) is 0 Å². The number of ether oxygens (including phenoxy) is 1. The minimum Gasteiger partial charge on any atom is -0.494 e. The Bertz CT molecular complexity index is 1030. The number of nitrogens with zero attached hydrogens (tertiary/aromatic N) is 2. The Hall–Kier alpha value is -2.60. The molecule has 0 saturated carbocycles. The number of ketones is 1. The molecule has 0 saturated heterocycles. The number of aromatic nitrogens is 2. The van der Waals surface area contributed by atoms with E-state index < -0.39 is 0 Å². The highest BCUT2D eigenvalue weighted by Gasteiger charge is 2.17. The fourth-order valence-electron chi connectivity index (χ4n) is 2.92. The number of benzene rings is 2. The molecule has 0 fully saturated rings. The Balaban J connectivity index is 1.86. The number of carbonyl (C=O) groups is 1. The van der Waals surface area contributed by atoms with Gasteiger partial charge in [-0.3, -0.25) is 14.2 Å². The molecule has 5 nitrogen and oxygen atoms in total. The summed E-state index contributed by atoms with van der Waals surface area (Å²) in [7, 11) is 0. The predicted molar refractivity (Wildman–Crippen MR) is 114 cm³/mol. The quantitative estimate of drug-likeness (QED) is 0.313. The highest BCUT2D eigenvalue weighted by Crippen LogP contribution is 2.23. The first-order valence-electron chi connectivity index (χ1n) is 9.45. The Kier molecular flexibility index (Phi) is 6.52. The first-order valence-corrected chi connectivity index (χ1v) is 10.4. The Labute approximate surface area is 168 Å². The molecule has 0 amide bonds. The van der Waals surface area contributed by atoms with E-state index >= 15 is 0 Å². The highest BCUT2D eigenvalue weighted by atomic mass is 32.2. The van der Waals surface area contributed by atoms with Crippen molar-refractivity contribution < 1.29 is 9.53 Å². The van der Waals surface area contributed by atoms with Crippen LogP contribution in [0.25, 0.3) is 10.9 Å². The van der Waals surface area contributed by atoms with Crippen LogP contribution in [0.1, 0.15) is 43.6 Å². The van der Waals surface area contributed by atoms with Crippen LogP contribution in [0.4, 0.5) is 0 Å². The first-order chi connectivity index (χ1) is 13.5. The molecule has 146 valence electrons. The van der Waals surface area contributed by atoms with Gasteiger partial charge in [0.15, 0.2) is 10.9 Å². The smallest absolute Gasteiger partial charge is 0.262 e. The van der Waals surface area contributed by atoms with Crippen molar-refractivity contribution in [3.05, 3.63) is 64.4 Å². The normalized spacial score (nSPS) is 12.1. The Morgan fingerprint density at radius 1 is 1.14 bits per heavy atom. The third-order valence-electron chi connectivity index (χ3n) is 4.63. The van der Waals surface area contributed by atoms with Crippen LogP contribution in [0.3, 0.4) is 0 Å². The summed E-state index contributed by atoms with van der Waals surface area (Å²) in [6.07, 6.45) is 0.806. The Morgan fingerprint density at radius 3 is 2.54 bits per heavy atom. The van der Waals surface area contributed by atoms with Crippen LogP contribution in [-0.4, -0.2) is 27.7 Å². The lowest BCUT2D eigenvalue weighted by Crippen LogP contribution is -2.26. The van der Waals surface area contributed by atoms with Crippen molar-refractivity contribution >= 4 is 28.4 Å². The lowest BCUT2D eigenvalue weighted by Gasteiger charge is -2.18. The largest absolute Gasteiger partial charge is 0.494 e. The zero-order chi connectivity index (χ0) is 20.1. The minimum atomic E-state index is -0.0593. The molecule has 0 spiro atoms. The summed E-state index contributed by atoms with van der Waals surface area (Å²) in [4.78, 5) is 30.2. The zero-order valence-corrected chi connectivity index (χ0v) is 17.2. The third-order valence-corrected chi connectivity index (χ3v) is 5.58. The summed E-state index contributed by atoms with van der Waals surface area (Å²) < 4.78 is 7.12. The van der Waals surface area contributed by atoms with Crippen molar-refractivity contribution in [2.24, 2.45) is 0 Å². The number of Topliss-reactive ketones (excluding diaryl/α,β-unsaturated/α-hetero) is 1. The van der Waals surface area contributed by atoms with Crippen LogP contribution in [0.15, 0.2) is 58.5 Å². The van der Waals surface area contributed by atoms with Gasteiger partial charge in [-0.05, 0) is 56.7 Å². The Morgan fingerprint density at radius 2 is 1.86 bits per heavy atom. The van der Waals surface area contributed by atoms with E-state index in [1.807, 2.05) is 39.0 Å². The summed E-state index contributed by atoms with van der Waals surface area (Å²) in [6, 6.07) is 14.5. The summed E-state index contributed by atoms with van der Waals surface area (Å²) in [5.74, 6) is 0.953. The molecule has 1 heterocycles. The number of thioether (sulfide) groups is 1. The summed E-state index contributed by atoms with van der Waals surface area (Å²) in [5.41, 5.74) is 1.22. The van der Waals surface area contributed by atoms with E-state index in [1.165, 1.54) is 11.8 Å². The average molecular weight is 397 g/mol. The number of hydrogen-bond acceptors (Lipinski definition) is 5. The van der Waals surface area contributed by atoms with Crippen LogP contribution < -0.4 is 10.3 Å². The topological polar surface area (TPSA) is 61.2 Å². The molecule has 0 N–H and O–H groups in total. The monoisotopic (exact) mass is 396 g/mol. The highest BCUT2D eigenvalue weighted by molar-refractivity contribution is 7.99. The molecule has 6 heteroatoms. The standard InChI is InChI=1S/C22H24N2O3S/c1-4-15(3)24-21(26)18-8-6-7-9-19(18)23-22(24)28-14-20(25)16-10-12-17(13-11-16)27-5-2/h6-13,15H,4-5,14H2,1-3H3/t15-/m1/s1. The van der Waals surface area contributed by atoms with Crippen molar-refractivity contribution in [3.63, 3.8) is 0 Å². The van der Waals surface area contributed by atoms with Gasteiger partial charge in [0.1, 0.15) is 5.75 Å². The molecule has 0 unspecified atom stereocenters. The van der Waals surface area contributed by atoms with Crippen LogP contribution >= 0.6 is 11.8 Å². The van der Waals surface area contributed by atoms with Crippen molar-refractivity contribution in [2.75, 3.05) is 12.4 Å². The number of hydrogen-bond donors (Lipinski definition) is 0. The van der Waals surface area contributed by atoms with Crippen molar-refractivity contribution in [1.29, 1.82) is 0 Å². The molecule has 1 aromatic heterocycles. The van der Waals surface area contributed by atoms with Gasteiger partial charge in [-0.1, -0.05) is 30.8 Å². The van der Waals surface area contributed by atoms with E-state index in [0.29, 0.717) is 28.2 Å².